The molecule has 7 aromatic carbocycles. The van der Waals surface area contributed by atoms with Crippen LogP contribution in [-0.4, -0.2) is 25.4 Å². The molecule has 0 aromatic heterocycles. The first kappa shape index (κ1) is 48.2. The second-order valence-electron chi connectivity index (χ2n) is 20.3. The van der Waals surface area contributed by atoms with Crippen molar-refractivity contribution in [3.63, 3.8) is 0 Å². The van der Waals surface area contributed by atoms with E-state index in [0.29, 0.717) is 0 Å². The molecule has 5 heteroatoms. The van der Waals surface area contributed by atoms with Gasteiger partial charge in [0.15, 0.2) is 0 Å². The van der Waals surface area contributed by atoms with E-state index in [0.717, 1.165) is 11.3 Å². The van der Waals surface area contributed by atoms with Crippen LogP contribution in [0, 0.1) is 0 Å². The minimum absolute atomic E-state index is 0.790. The molecule has 0 aliphatic heterocycles. The molecule has 2 fully saturated rings. The van der Waals surface area contributed by atoms with Gasteiger partial charge in [-0.15, -0.1) is 0 Å². The van der Waals surface area contributed by atoms with Gasteiger partial charge in [-0.2, -0.15) is 0 Å². The van der Waals surface area contributed by atoms with Gasteiger partial charge in [0, 0.05) is 0 Å². The quantitative estimate of drug-likeness (QED) is 0.0577. The molecular formula is C62H77FeNP3. The molecule has 0 unspecified atom stereocenters. The summed E-state index contributed by atoms with van der Waals surface area (Å²) >= 11 is -0.946. The molecule has 0 bridgehead atoms. The summed E-state index contributed by atoms with van der Waals surface area (Å²) in [5.41, 5.74) is 12.4. The number of rotatable bonds is 19. The summed E-state index contributed by atoms with van der Waals surface area (Å²) in [6.45, 7) is 0. The standard InChI is InChI=1S/2C21H21P.C20H32NP.Fe/c2*1-4-10-19(11-5-1)16-22(17-20-12-6-2-7-13-20)18-21-14-8-3-9-15-21;1-21(2)17-13-15-20(16-14-17)22(18-9-5-3-6-10-18)19-11-7-4-8-12-19;/h2*1-15H,16-18H2;13-16,18-19H,3-12H2,1-2H3;/q;;;-3/p+3. The zero-order valence-corrected chi connectivity index (χ0v) is 44.5. The summed E-state index contributed by atoms with van der Waals surface area (Å²) in [5.74, 6) is -7.70. The van der Waals surface area contributed by atoms with Crippen LogP contribution in [0.25, 0.3) is 0 Å². The number of hydrogen-bond acceptors (Lipinski definition) is 1. The van der Waals surface area contributed by atoms with Crippen molar-refractivity contribution in [1.29, 1.82) is 0 Å². The predicted octanol–water partition coefficient (Wildman–Crippen LogP) is 16.9. The van der Waals surface area contributed by atoms with Crippen molar-refractivity contribution in [2.75, 3.05) is 19.0 Å². The van der Waals surface area contributed by atoms with Gasteiger partial charge in [-0.1, -0.05) is 0 Å². The fourth-order valence-corrected chi connectivity index (χ4v) is 94.9. The normalized spacial score (nSPS) is 16.2. The first-order valence-corrected chi connectivity index (χ1v) is 37.6. The third kappa shape index (κ3) is 11.4. The number of anilines is 1. The van der Waals surface area contributed by atoms with Crippen molar-refractivity contribution in [3.8, 4) is 0 Å². The van der Waals surface area contributed by atoms with Crippen LogP contribution in [0.4, 0.5) is 5.69 Å². The van der Waals surface area contributed by atoms with Crippen LogP contribution in [0.15, 0.2) is 206 Å². The summed E-state index contributed by atoms with van der Waals surface area (Å²) in [7, 11) is 4.48. The van der Waals surface area contributed by atoms with Gasteiger partial charge in [0.05, 0.1) is 0 Å². The fourth-order valence-electron chi connectivity index (χ4n) is 12.7. The van der Waals surface area contributed by atoms with Crippen molar-refractivity contribution in [2.45, 2.75) is 112 Å². The molecular weight excluding hydrogens is 907 g/mol. The van der Waals surface area contributed by atoms with Crippen molar-refractivity contribution >= 4 is 28.8 Å². The van der Waals surface area contributed by atoms with E-state index in [9.17, 15) is 0 Å². The molecule has 0 atom stereocenters. The Morgan fingerprint density at radius 1 is 0.343 bits per heavy atom. The second kappa shape index (κ2) is 23.2. The Kier molecular flexibility index (Phi) is 16.7. The SMILES string of the molecule is CN(C)c1ccc([PH](C2CCCCC2)(C2CCCCC2)[Fe]([PH](Cc2ccccc2)(Cc2ccccc2)Cc2ccccc2)[PH](Cc2ccccc2)(Cc2ccccc2)Cc2ccccc2)cc1. The summed E-state index contributed by atoms with van der Waals surface area (Å²) in [4.78, 5) is 2.34. The van der Waals surface area contributed by atoms with Crippen LogP contribution < -0.4 is 10.2 Å². The van der Waals surface area contributed by atoms with Crippen LogP contribution in [0.5, 0.6) is 0 Å². The third-order valence-electron chi connectivity index (χ3n) is 15.4. The topological polar surface area (TPSA) is 3.24 Å². The average Bonchev–Trinajstić information content (AvgIpc) is 3.38. The Morgan fingerprint density at radius 3 is 0.836 bits per heavy atom. The molecule has 0 saturated heterocycles. The van der Waals surface area contributed by atoms with Gasteiger partial charge in [-0.05, 0) is 0 Å². The van der Waals surface area contributed by atoms with E-state index in [2.05, 4.69) is 225 Å². The summed E-state index contributed by atoms with van der Waals surface area (Å²) in [6, 6.07) is 83.1. The van der Waals surface area contributed by atoms with Gasteiger partial charge in [0.2, 0.25) is 0 Å². The Morgan fingerprint density at radius 2 is 0.597 bits per heavy atom. The molecule has 2 aliphatic rings. The summed E-state index contributed by atoms with van der Waals surface area (Å²) < 4.78 is 0. The number of benzene rings is 7. The van der Waals surface area contributed by atoms with Crippen LogP contribution >= 0.6 is 17.9 Å². The summed E-state index contributed by atoms with van der Waals surface area (Å²) in [5, 5.41) is 1.86. The zero-order chi connectivity index (χ0) is 45.8. The molecule has 0 radical (unpaired) electrons. The second-order valence-corrected chi connectivity index (χ2v) is 50.0. The molecule has 0 N–H and O–H groups in total. The van der Waals surface area contributed by atoms with E-state index in [4.69, 9.17) is 0 Å². The van der Waals surface area contributed by atoms with Crippen molar-refractivity contribution in [2.24, 2.45) is 0 Å². The van der Waals surface area contributed by atoms with Crippen LogP contribution in [-0.2, 0) is 49.5 Å². The molecule has 7 aromatic rings. The fraction of sp³-hybridized carbons (Fsp3) is 0.323. The van der Waals surface area contributed by atoms with Crippen LogP contribution in [0.1, 0.15) is 97.6 Å². The number of nitrogens with zero attached hydrogens (tertiary/aromatic N) is 1. The first-order valence-electron chi connectivity index (χ1n) is 25.6. The Labute approximate surface area is 410 Å². The van der Waals surface area contributed by atoms with E-state index >= 15 is 0 Å². The molecule has 0 heterocycles. The van der Waals surface area contributed by atoms with Crippen molar-refractivity contribution in [3.05, 3.63) is 240 Å². The monoisotopic (exact) mass is 984 g/mol. The zero-order valence-electron chi connectivity index (χ0n) is 40.4. The van der Waals surface area contributed by atoms with Crippen LogP contribution in [0.2, 0.25) is 0 Å². The first-order chi connectivity index (χ1) is 33.0. The van der Waals surface area contributed by atoms with E-state index in [1.807, 2.05) is 5.30 Å². The molecule has 0 amide bonds. The molecule has 9 rings (SSSR count). The molecule has 353 valence electrons. The van der Waals surface area contributed by atoms with E-state index in [1.165, 1.54) is 107 Å². The molecule has 2 aliphatic carbocycles. The third-order valence-corrected chi connectivity index (χ3v) is 71.1. The van der Waals surface area contributed by atoms with Crippen molar-refractivity contribution in [1.82, 2.24) is 0 Å². The van der Waals surface area contributed by atoms with E-state index < -0.39 is 30.4 Å². The van der Waals surface area contributed by atoms with E-state index in [-0.39, 0.29) is 0 Å². The minimum atomic E-state index is -2.57. The van der Waals surface area contributed by atoms with Gasteiger partial charge in [0.25, 0.3) is 0 Å². The Balaban J connectivity index is 1.49. The van der Waals surface area contributed by atoms with Crippen LogP contribution in [0.3, 0.4) is 0 Å². The van der Waals surface area contributed by atoms with Gasteiger partial charge < -0.3 is 0 Å². The predicted molar refractivity (Wildman–Crippen MR) is 300 cm³/mol. The average molecular weight is 985 g/mol. The maximum absolute atomic E-state index is 2.80. The van der Waals surface area contributed by atoms with Crippen molar-refractivity contribution < 1.29 is 12.6 Å². The van der Waals surface area contributed by atoms with Gasteiger partial charge in [0.1, 0.15) is 0 Å². The summed E-state index contributed by atoms with van der Waals surface area (Å²) in [6.07, 6.45) is 21.5. The molecule has 67 heavy (non-hydrogen) atoms. The Bertz CT molecular complexity index is 2160. The molecule has 0 spiro atoms. The van der Waals surface area contributed by atoms with E-state index in [1.54, 1.807) is 33.4 Å². The molecule has 1 nitrogen and oxygen atoms in total. The van der Waals surface area contributed by atoms with Gasteiger partial charge >= 0.3 is 413 Å². The van der Waals surface area contributed by atoms with Gasteiger partial charge in [-0.25, -0.2) is 0 Å². The maximum atomic E-state index is 2.80. The number of hydrogen-bond donors (Lipinski definition) is 0. The van der Waals surface area contributed by atoms with Gasteiger partial charge in [-0.3, -0.25) is 0 Å². The Hall–Kier alpha value is -3.85. The molecule has 2 saturated carbocycles.